The van der Waals surface area contributed by atoms with Gasteiger partial charge in [-0.15, -0.1) is 5.10 Å². The first-order chi connectivity index (χ1) is 17.4. The Labute approximate surface area is 204 Å². The molecule has 2 aliphatic rings. The Balaban J connectivity index is 1.36. The van der Waals surface area contributed by atoms with Crippen molar-refractivity contribution in [3.8, 4) is 11.8 Å². The Morgan fingerprint density at radius 3 is 2.38 bits per heavy atom. The summed E-state index contributed by atoms with van der Waals surface area (Å²) in [4.78, 5) is 10.2. The zero-order valence-electron chi connectivity index (χ0n) is 19.1. The fourth-order valence-electron chi connectivity index (χ4n) is 4.81. The maximum atomic E-state index is 13.6. The number of nitrogens with zero attached hydrogens (tertiary/aromatic N) is 6. The van der Waals surface area contributed by atoms with E-state index in [1.165, 1.54) is 0 Å². The number of hydrogen-bond acceptors (Lipinski definition) is 8. The lowest BCUT2D eigenvalue weighted by Crippen LogP contribution is -2.48. The second-order valence-corrected chi connectivity index (χ2v) is 9.03. The lowest BCUT2D eigenvalue weighted by atomic mass is 9.92. The Bertz CT molecular complexity index is 1260. The molecule has 1 N–H and O–H groups in total. The Kier molecular flexibility index (Phi) is 6.14. The van der Waals surface area contributed by atoms with Crippen LogP contribution in [0.2, 0.25) is 0 Å². The van der Waals surface area contributed by atoms with Crippen molar-refractivity contribution in [1.82, 2.24) is 24.9 Å². The summed E-state index contributed by atoms with van der Waals surface area (Å²) < 4.78 is 103. The van der Waals surface area contributed by atoms with E-state index >= 15 is 0 Å². The third-order valence-electron chi connectivity index (χ3n) is 6.34. The minimum absolute atomic E-state index is 0.0799. The number of anilines is 2. The molecule has 1 unspecified atom stereocenters. The zero-order chi connectivity index (χ0) is 26.5. The third kappa shape index (κ3) is 5.41. The number of fused-ring (bicyclic) bond motifs is 2. The van der Waals surface area contributed by atoms with Crippen LogP contribution in [0.15, 0.2) is 22.7 Å². The molecule has 1 aliphatic carbocycles. The number of benzene rings is 1. The molecule has 1 saturated carbocycles. The summed E-state index contributed by atoms with van der Waals surface area (Å²) in [6.07, 6.45) is -8.05. The molecular weight excluding hydrogens is 515 g/mol. The molecule has 0 spiro atoms. The van der Waals surface area contributed by atoms with Gasteiger partial charge < -0.3 is 19.5 Å². The first-order valence-corrected chi connectivity index (χ1v) is 11.2. The average molecular weight is 535 g/mol. The van der Waals surface area contributed by atoms with Crippen LogP contribution in [0.1, 0.15) is 24.2 Å². The molecule has 200 valence electrons. The fourth-order valence-corrected chi connectivity index (χ4v) is 4.81. The van der Waals surface area contributed by atoms with Crippen LogP contribution in [0.25, 0.3) is 0 Å². The van der Waals surface area contributed by atoms with E-state index in [2.05, 4.69) is 25.5 Å². The maximum absolute atomic E-state index is 13.6. The van der Waals surface area contributed by atoms with Gasteiger partial charge in [0.15, 0.2) is 5.82 Å². The highest BCUT2D eigenvalue weighted by molar-refractivity contribution is 5.37. The van der Waals surface area contributed by atoms with Crippen LogP contribution in [0.5, 0.6) is 11.8 Å². The molecule has 9 nitrogen and oxygen atoms in total. The summed E-state index contributed by atoms with van der Waals surface area (Å²) in [7, 11) is 0. The second-order valence-electron chi connectivity index (χ2n) is 9.03. The number of alkyl halides is 6. The van der Waals surface area contributed by atoms with Gasteiger partial charge in [-0.25, -0.2) is 9.07 Å². The minimum atomic E-state index is -5.02. The molecule has 37 heavy (non-hydrogen) atoms. The number of rotatable bonds is 6. The lowest BCUT2D eigenvalue weighted by Gasteiger charge is -2.37. The standard InChI is InChI=1S/C21H20F7N7O2/c1-10-29-18(37-33-10)34-7-11-2-3-12(8-34)16(11)30-17-31-19(35(32-17)9-20(23,24)25)36-13-4-5-15(22)14(6-13)21(26,27)28/h4-6,11-12,16H,2-3,7-9H2,1H3,(H,30,32)/t11-,12+,16?. The molecular formula is C21H20F7N7O2. The maximum Gasteiger partial charge on any atom is 0.419 e. The van der Waals surface area contributed by atoms with E-state index in [-0.39, 0.29) is 23.8 Å². The third-order valence-corrected chi connectivity index (χ3v) is 6.34. The molecule has 1 aliphatic heterocycles. The van der Waals surface area contributed by atoms with Crippen molar-refractivity contribution in [2.75, 3.05) is 23.3 Å². The summed E-state index contributed by atoms with van der Waals surface area (Å²) >= 11 is 0. The second kappa shape index (κ2) is 9.06. The summed E-state index contributed by atoms with van der Waals surface area (Å²) in [5, 5.41) is 10.7. The predicted molar refractivity (Wildman–Crippen MR) is 112 cm³/mol. The quantitative estimate of drug-likeness (QED) is 0.450. The molecule has 3 aromatic rings. The van der Waals surface area contributed by atoms with Crippen LogP contribution >= 0.6 is 0 Å². The van der Waals surface area contributed by atoms with E-state index < -0.39 is 42.0 Å². The van der Waals surface area contributed by atoms with Gasteiger partial charge in [0, 0.05) is 19.1 Å². The number of ether oxygens (including phenoxy) is 1. The van der Waals surface area contributed by atoms with Gasteiger partial charge in [-0.1, -0.05) is 5.16 Å². The number of aryl methyl sites for hydroxylation is 1. The largest absolute Gasteiger partial charge is 0.424 e. The lowest BCUT2D eigenvalue weighted by molar-refractivity contribution is -0.143. The van der Waals surface area contributed by atoms with Gasteiger partial charge in [0.25, 0.3) is 0 Å². The fraction of sp³-hybridized carbons (Fsp3) is 0.524. The highest BCUT2D eigenvalue weighted by Crippen LogP contribution is 2.40. The molecule has 3 heterocycles. The SMILES string of the molecule is Cc1noc(N2C[C@H]3CC[C@@H](C2)C3Nc2nc(Oc3ccc(F)c(C(F)(F)F)c3)n(CC(F)(F)F)n2)n1. The number of aromatic nitrogens is 5. The number of halogens is 7. The minimum Gasteiger partial charge on any atom is -0.424 e. The molecule has 1 saturated heterocycles. The van der Waals surface area contributed by atoms with Crippen LogP contribution in [-0.2, 0) is 12.7 Å². The van der Waals surface area contributed by atoms with E-state index in [9.17, 15) is 30.7 Å². The van der Waals surface area contributed by atoms with Crippen molar-refractivity contribution in [2.45, 2.75) is 44.7 Å². The molecule has 2 fully saturated rings. The zero-order valence-corrected chi connectivity index (χ0v) is 19.1. The van der Waals surface area contributed by atoms with Gasteiger partial charge in [-0.3, -0.25) is 0 Å². The van der Waals surface area contributed by atoms with E-state index in [1.807, 2.05) is 4.90 Å². The van der Waals surface area contributed by atoms with Crippen molar-refractivity contribution >= 4 is 12.0 Å². The number of hydrogen-bond donors (Lipinski definition) is 1. The molecule has 2 aromatic heterocycles. The van der Waals surface area contributed by atoms with Crippen LogP contribution in [0, 0.1) is 24.6 Å². The Morgan fingerprint density at radius 2 is 1.78 bits per heavy atom. The summed E-state index contributed by atoms with van der Waals surface area (Å²) in [5.41, 5.74) is -1.62. The van der Waals surface area contributed by atoms with Gasteiger partial charge in [-0.2, -0.15) is 36.3 Å². The van der Waals surface area contributed by atoms with Crippen molar-refractivity contribution in [2.24, 2.45) is 11.8 Å². The monoisotopic (exact) mass is 535 g/mol. The topological polar surface area (TPSA) is 94.1 Å². The molecule has 16 heteroatoms. The molecule has 1 aromatic carbocycles. The van der Waals surface area contributed by atoms with E-state index in [1.54, 1.807) is 6.92 Å². The molecule has 5 rings (SSSR count). The highest BCUT2D eigenvalue weighted by atomic mass is 19.4. The highest BCUT2D eigenvalue weighted by Gasteiger charge is 2.44. The summed E-state index contributed by atoms with van der Waals surface area (Å²) in [6, 6.07) is 1.26. The van der Waals surface area contributed by atoms with E-state index in [0.29, 0.717) is 41.7 Å². The first kappa shape index (κ1) is 25.1. The Hall–Kier alpha value is -3.59. The average Bonchev–Trinajstić information content (AvgIpc) is 3.43. The van der Waals surface area contributed by atoms with Crippen molar-refractivity contribution in [3.63, 3.8) is 0 Å². The number of nitrogens with one attached hydrogen (secondary N) is 1. The predicted octanol–water partition coefficient (Wildman–Crippen LogP) is 4.81. The molecule has 3 atom stereocenters. The van der Waals surface area contributed by atoms with Crippen LogP contribution in [0.3, 0.4) is 0 Å². The van der Waals surface area contributed by atoms with Crippen LogP contribution in [-0.4, -0.2) is 50.2 Å². The van der Waals surface area contributed by atoms with Gasteiger partial charge in [0.1, 0.15) is 18.1 Å². The van der Waals surface area contributed by atoms with Crippen molar-refractivity contribution in [3.05, 3.63) is 35.4 Å². The summed E-state index contributed by atoms with van der Waals surface area (Å²) in [5.74, 6) is -1.59. The normalized spacial score (nSPS) is 21.9. The van der Waals surface area contributed by atoms with Gasteiger partial charge >= 0.3 is 24.4 Å². The van der Waals surface area contributed by atoms with E-state index in [4.69, 9.17) is 9.26 Å². The number of piperidine rings is 1. The van der Waals surface area contributed by atoms with Crippen molar-refractivity contribution in [1.29, 1.82) is 0 Å². The smallest absolute Gasteiger partial charge is 0.419 e. The van der Waals surface area contributed by atoms with Gasteiger partial charge in [-0.05, 0) is 49.8 Å². The van der Waals surface area contributed by atoms with Gasteiger partial charge in [0.05, 0.1) is 5.56 Å². The molecule has 2 bridgehead atoms. The summed E-state index contributed by atoms with van der Waals surface area (Å²) in [6.45, 7) is 1.25. The van der Waals surface area contributed by atoms with Crippen LogP contribution < -0.4 is 15.0 Å². The molecule has 0 amide bonds. The first-order valence-electron chi connectivity index (χ1n) is 11.2. The van der Waals surface area contributed by atoms with Crippen LogP contribution in [0.4, 0.5) is 42.7 Å². The Morgan fingerprint density at radius 1 is 1.08 bits per heavy atom. The van der Waals surface area contributed by atoms with E-state index in [0.717, 1.165) is 18.9 Å². The molecule has 0 radical (unpaired) electrons. The van der Waals surface area contributed by atoms with Crippen molar-refractivity contribution < 1.29 is 40.0 Å². The van der Waals surface area contributed by atoms with Gasteiger partial charge in [0.2, 0.25) is 5.95 Å².